The van der Waals surface area contributed by atoms with Crippen LogP contribution in [0.1, 0.15) is 17.7 Å². The summed E-state index contributed by atoms with van der Waals surface area (Å²) in [7, 11) is 0. The average molecular weight is 531 g/mol. The number of benzene rings is 1. The number of amides is 1. The van der Waals surface area contributed by atoms with Crippen LogP contribution in [0.3, 0.4) is 0 Å². The van der Waals surface area contributed by atoms with Gasteiger partial charge < -0.3 is 10.6 Å². The SMILES string of the molecule is O=C(C=Cc1cccs1)NCCCCNc1cc(-c2ccccc2Cl)nc2c(Br)cnn12. The molecule has 4 rings (SSSR count). The molecule has 0 radical (unpaired) electrons. The van der Waals surface area contributed by atoms with Gasteiger partial charge >= 0.3 is 0 Å². The Morgan fingerprint density at radius 3 is 2.84 bits per heavy atom. The van der Waals surface area contributed by atoms with E-state index in [4.69, 9.17) is 16.6 Å². The van der Waals surface area contributed by atoms with Crippen LogP contribution < -0.4 is 10.6 Å². The number of carbonyl (C=O) groups excluding carboxylic acids is 1. The molecule has 0 spiro atoms. The number of fused-ring (bicyclic) bond motifs is 1. The summed E-state index contributed by atoms with van der Waals surface area (Å²) in [5, 5.41) is 13.4. The molecule has 3 aromatic heterocycles. The molecule has 1 aromatic carbocycles. The van der Waals surface area contributed by atoms with Gasteiger partial charge in [-0.25, -0.2) is 4.98 Å². The van der Waals surface area contributed by atoms with Crippen molar-refractivity contribution >= 4 is 62.3 Å². The van der Waals surface area contributed by atoms with E-state index in [1.165, 1.54) is 0 Å². The zero-order chi connectivity index (χ0) is 22.3. The Morgan fingerprint density at radius 1 is 1.19 bits per heavy atom. The molecule has 1 amide bonds. The molecule has 0 aliphatic rings. The van der Waals surface area contributed by atoms with Crippen LogP contribution in [0.5, 0.6) is 0 Å². The Labute approximate surface area is 203 Å². The van der Waals surface area contributed by atoms with Gasteiger partial charge in [0, 0.05) is 40.7 Å². The van der Waals surface area contributed by atoms with Gasteiger partial charge in [-0.2, -0.15) is 9.61 Å². The molecule has 0 saturated carbocycles. The number of nitrogens with one attached hydrogen (secondary N) is 2. The number of nitrogens with zero attached hydrogens (tertiary/aromatic N) is 3. The van der Waals surface area contributed by atoms with Crippen LogP contribution >= 0.6 is 38.9 Å². The molecule has 4 aromatic rings. The van der Waals surface area contributed by atoms with E-state index in [9.17, 15) is 4.79 Å². The minimum atomic E-state index is -0.0759. The predicted molar refractivity (Wildman–Crippen MR) is 135 cm³/mol. The summed E-state index contributed by atoms with van der Waals surface area (Å²) in [5.41, 5.74) is 2.36. The number of anilines is 1. The van der Waals surface area contributed by atoms with Crippen LogP contribution in [-0.2, 0) is 4.79 Å². The summed E-state index contributed by atoms with van der Waals surface area (Å²) in [6, 6.07) is 13.5. The standard InChI is InChI=1S/C23H21BrClN5OS/c24-18-15-28-30-21(14-20(29-23(18)30)17-7-1-2-8-19(17)25)26-11-3-4-12-27-22(31)10-9-16-6-5-13-32-16/h1-2,5-10,13-15,26H,3-4,11-12H2,(H,27,31). The molecule has 0 bridgehead atoms. The highest BCUT2D eigenvalue weighted by Gasteiger charge is 2.13. The number of unbranched alkanes of at least 4 members (excludes halogenated alkanes) is 1. The molecule has 164 valence electrons. The van der Waals surface area contributed by atoms with Crippen molar-refractivity contribution in [2.24, 2.45) is 0 Å². The summed E-state index contributed by atoms with van der Waals surface area (Å²) < 4.78 is 2.58. The maximum Gasteiger partial charge on any atom is 0.244 e. The monoisotopic (exact) mass is 529 g/mol. The molecule has 0 aliphatic heterocycles. The normalized spacial score (nSPS) is 11.3. The summed E-state index contributed by atoms with van der Waals surface area (Å²) in [6.45, 7) is 1.36. The topological polar surface area (TPSA) is 71.3 Å². The fourth-order valence-corrected chi connectivity index (χ4v) is 4.35. The van der Waals surface area contributed by atoms with Gasteiger partial charge in [-0.3, -0.25) is 4.79 Å². The van der Waals surface area contributed by atoms with Crippen molar-refractivity contribution in [1.82, 2.24) is 19.9 Å². The molecule has 0 fully saturated rings. The van der Waals surface area contributed by atoms with Crippen molar-refractivity contribution in [2.75, 3.05) is 18.4 Å². The molecule has 6 nitrogen and oxygen atoms in total. The molecule has 3 heterocycles. The van der Waals surface area contributed by atoms with Crippen LogP contribution in [0.15, 0.2) is 64.6 Å². The Kier molecular flexibility index (Phi) is 7.57. The first kappa shape index (κ1) is 22.5. The molecule has 0 unspecified atom stereocenters. The molecular formula is C23H21BrClN5OS. The molecule has 9 heteroatoms. The van der Waals surface area contributed by atoms with Crippen molar-refractivity contribution in [3.8, 4) is 11.3 Å². The molecule has 32 heavy (non-hydrogen) atoms. The highest BCUT2D eigenvalue weighted by molar-refractivity contribution is 9.10. The number of carbonyl (C=O) groups is 1. The van der Waals surface area contributed by atoms with Crippen molar-refractivity contribution in [1.29, 1.82) is 0 Å². The van der Waals surface area contributed by atoms with E-state index < -0.39 is 0 Å². The first-order valence-corrected chi connectivity index (χ1v) is 12.2. The largest absolute Gasteiger partial charge is 0.370 e. The Morgan fingerprint density at radius 2 is 2.03 bits per heavy atom. The fraction of sp³-hybridized carbons (Fsp3) is 0.174. The molecular weight excluding hydrogens is 510 g/mol. The van der Waals surface area contributed by atoms with Crippen LogP contribution in [0.25, 0.3) is 23.0 Å². The van der Waals surface area contributed by atoms with Gasteiger partial charge in [-0.05, 0) is 52.4 Å². The van der Waals surface area contributed by atoms with Crippen molar-refractivity contribution in [2.45, 2.75) is 12.8 Å². The zero-order valence-corrected chi connectivity index (χ0v) is 20.3. The third-order valence-electron chi connectivity index (χ3n) is 4.73. The summed E-state index contributed by atoms with van der Waals surface area (Å²) in [4.78, 5) is 17.7. The van der Waals surface area contributed by atoms with Crippen LogP contribution in [0, 0.1) is 0 Å². The van der Waals surface area contributed by atoms with E-state index in [2.05, 4.69) is 31.7 Å². The predicted octanol–water partition coefficient (Wildman–Crippen LogP) is 5.90. The van der Waals surface area contributed by atoms with Crippen molar-refractivity contribution in [3.63, 3.8) is 0 Å². The van der Waals surface area contributed by atoms with E-state index in [1.807, 2.05) is 53.9 Å². The number of hydrogen-bond acceptors (Lipinski definition) is 5. The summed E-state index contributed by atoms with van der Waals surface area (Å²) in [5.74, 6) is 0.756. The Balaban J connectivity index is 1.33. The van der Waals surface area contributed by atoms with E-state index in [0.717, 1.165) is 51.5 Å². The second-order valence-electron chi connectivity index (χ2n) is 7.01. The van der Waals surface area contributed by atoms with E-state index in [1.54, 1.807) is 28.1 Å². The van der Waals surface area contributed by atoms with Crippen molar-refractivity contribution < 1.29 is 4.79 Å². The second kappa shape index (κ2) is 10.8. The lowest BCUT2D eigenvalue weighted by Crippen LogP contribution is -2.22. The van der Waals surface area contributed by atoms with E-state index >= 15 is 0 Å². The van der Waals surface area contributed by atoms with E-state index in [-0.39, 0.29) is 5.91 Å². The van der Waals surface area contributed by atoms with Crippen molar-refractivity contribution in [3.05, 3.63) is 74.5 Å². The van der Waals surface area contributed by atoms with E-state index in [0.29, 0.717) is 11.6 Å². The third-order valence-corrected chi connectivity index (χ3v) is 6.46. The van der Waals surface area contributed by atoms with Gasteiger partial charge in [0.25, 0.3) is 0 Å². The lowest BCUT2D eigenvalue weighted by atomic mass is 10.1. The van der Waals surface area contributed by atoms with Gasteiger partial charge in [0.2, 0.25) is 5.91 Å². The third kappa shape index (κ3) is 5.56. The van der Waals surface area contributed by atoms with Gasteiger partial charge in [0.1, 0.15) is 5.82 Å². The zero-order valence-electron chi connectivity index (χ0n) is 17.1. The highest BCUT2D eigenvalue weighted by atomic mass is 79.9. The number of aromatic nitrogens is 3. The van der Waals surface area contributed by atoms with Crippen LogP contribution in [0.2, 0.25) is 5.02 Å². The van der Waals surface area contributed by atoms with Gasteiger partial charge in [0.05, 0.1) is 16.4 Å². The first-order valence-electron chi connectivity index (χ1n) is 10.1. The minimum Gasteiger partial charge on any atom is -0.370 e. The highest BCUT2D eigenvalue weighted by Crippen LogP contribution is 2.30. The second-order valence-corrected chi connectivity index (χ2v) is 9.25. The van der Waals surface area contributed by atoms with Gasteiger partial charge in [-0.1, -0.05) is 35.9 Å². The molecule has 0 aliphatic carbocycles. The first-order chi connectivity index (χ1) is 15.6. The van der Waals surface area contributed by atoms with Gasteiger partial charge in [-0.15, -0.1) is 11.3 Å². The number of rotatable bonds is 9. The molecule has 2 N–H and O–H groups in total. The average Bonchev–Trinajstić information content (AvgIpc) is 3.45. The summed E-state index contributed by atoms with van der Waals surface area (Å²) >= 11 is 11.5. The number of thiophene rings is 1. The number of hydrogen-bond donors (Lipinski definition) is 2. The lowest BCUT2D eigenvalue weighted by molar-refractivity contribution is -0.116. The smallest absolute Gasteiger partial charge is 0.244 e. The number of halogens is 2. The van der Waals surface area contributed by atoms with Gasteiger partial charge in [0.15, 0.2) is 5.65 Å². The fourth-order valence-electron chi connectivity index (χ4n) is 3.15. The van der Waals surface area contributed by atoms with Crippen LogP contribution in [-0.4, -0.2) is 33.6 Å². The Bertz CT molecular complexity index is 1240. The van der Waals surface area contributed by atoms with Crippen LogP contribution in [0.4, 0.5) is 5.82 Å². The molecule has 0 atom stereocenters. The lowest BCUT2D eigenvalue weighted by Gasteiger charge is -2.11. The quantitative estimate of drug-likeness (QED) is 0.209. The maximum absolute atomic E-state index is 11.9. The maximum atomic E-state index is 11.9. The molecule has 0 saturated heterocycles. The Hall–Kier alpha value is -2.68. The summed E-state index contributed by atoms with van der Waals surface area (Å²) in [6.07, 6.45) is 6.88. The minimum absolute atomic E-state index is 0.0759.